The van der Waals surface area contributed by atoms with Crippen molar-refractivity contribution in [1.82, 2.24) is 19.5 Å². The molecule has 0 aromatic carbocycles. The number of aliphatic hydroxyl groups is 3. The molecule has 3 rings (SSSR count). The van der Waals surface area contributed by atoms with E-state index in [1.165, 1.54) is 10.9 Å². The van der Waals surface area contributed by atoms with E-state index in [4.69, 9.17) is 10.5 Å². The number of anilines is 1. The average Bonchev–Trinajstić information content (AvgIpc) is 3.09. The van der Waals surface area contributed by atoms with Crippen LogP contribution in [0.4, 0.5) is 5.82 Å². The molecule has 12 heteroatoms. The lowest BCUT2D eigenvalue weighted by molar-refractivity contribution is -0.118. The van der Waals surface area contributed by atoms with Crippen molar-refractivity contribution >= 4 is 45.5 Å². The van der Waals surface area contributed by atoms with Crippen LogP contribution in [0.15, 0.2) is 6.33 Å². The van der Waals surface area contributed by atoms with Gasteiger partial charge in [-0.1, -0.05) is 0 Å². The van der Waals surface area contributed by atoms with Gasteiger partial charge < -0.3 is 31.1 Å². The molecular formula is C13H17IN6O5. The number of hydrogen-bond acceptors (Lipinski definition) is 9. The Bertz CT molecular complexity index is 801. The highest BCUT2D eigenvalue weighted by Gasteiger charge is 2.44. The Hall–Kier alpha value is -1.61. The minimum absolute atomic E-state index is 0.311. The lowest BCUT2D eigenvalue weighted by Gasteiger charge is -2.17. The van der Waals surface area contributed by atoms with Crippen molar-refractivity contribution in [1.29, 1.82) is 0 Å². The number of aromatic nitrogens is 4. The maximum absolute atomic E-state index is 11.3. The molecule has 0 aliphatic carbocycles. The van der Waals surface area contributed by atoms with E-state index in [1.807, 2.05) is 22.6 Å². The second-order valence-corrected chi connectivity index (χ2v) is 6.63. The number of imidazole rings is 1. The molecule has 2 aromatic heterocycles. The van der Waals surface area contributed by atoms with Crippen LogP contribution >= 0.6 is 22.6 Å². The molecule has 1 aliphatic heterocycles. The maximum atomic E-state index is 11.3. The first-order valence-electron chi connectivity index (χ1n) is 7.41. The van der Waals surface area contributed by atoms with Crippen molar-refractivity contribution in [2.45, 2.75) is 37.5 Å². The zero-order valence-electron chi connectivity index (χ0n) is 13.1. The van der Waals surface area contributed by atoms with Crippen molar-refractivity contribution in [3.63, 3.8) is 0 Å². The topological polar surface area (TPSA) is 169 Å². The van der Waals surface area contributed by atoms with Crippen LogP contribution in [-0.2, 0) is 9.53 Å². The number of carbonyl (C=O) groups is 1. The Morgan fingerprint density at radius 3 is 2.80 bits per heavy atom. The summed E-state index contributed by atoms with van der Waals surface area (Å²) in [6, 6.07) is -0.673. The van der Waals surface area contributed by atoms with Crippen molar-refractivity contribution in [2.24, 2.45) is 5.73 Å². The van der Waals surface area contributed by atoms with Gasteiger partial charge >= 0.3 is 0 Å². The summed E-state index contributed by atoms with van der Waals surface area (Å²) in [5, 5.41) is 32.2. The number of primary amides is 1. The van der Waals surface area contributed by atoms with E-state index in [-0.39, 0.29) is 0 Å². The Balaban J connectivity index is 2.02. The highest BCUT2D eigenvalue weighted by Crippen LogP contribution is 2.32. The van der Waals surface area contributed by atoms with Gasteiger partial charge in [-0.15, -0.1) is 0 Å². The number of nitrogens with two attached hydrogens (primary N) is 1. The van der Waals surface area contributed by atoms with Crippen LogP contribution in [-0.4, -0.2) is 71.7 Å². The summed E-state index contributed by atoms with van der Waals surface area (Å²) >= 11 is 1.90. The van der Waals surface area contributed by atoms with Gasteiger partial charge in [0.25, 0.3) is 0 Å². The molecule has 0 saturated carbocycles. The SMILES string of the molecule is CC(Nc1nc(I)nc2c1ncn2[C@@H]1O[C@H](CO)[C@@H](O)[C@H]1O)C(N)=O. The van der Waals surface area contributed by atoms with Gasteiger partial charge in [0.2, 0.25) is 5.91 Å². The monoisotopic (exact) mass is 464 g/mol. The Morgan fingerprint density at radius 2 is 2.20 bits per heavy atom. The van der Waals surface area contributed by atoms with Gasteiger partial charge in [-0.3, -0.25) is 9.36 Å². The van der Waals surface area contributed by atoms with Gasteiger partial charge in [-0.05, 0) is 6.92 Å². The third kappa shape index (κ3) is 3.27. The molecule has 6 N–H and O–H groups in total. The van der Waals surface area contributed by atoms with Gasteiger partial charge in [-0.25, -0.2) is 15.0 Å². The summed E-state index contributed by atoms with van der Waals surface area (Å²) in [5.74, 6) is -0.240. The second-order valence-electron chi connectivity index (χ2n) is 5.66. The fourth-order valence-electron chi connectivity index (χ4n) is 2.56. The maximum Gasteiger partial charge on any atom is 0.239 e. The smallest absolute Gasteiger partial charge is 0.239 e. The van der Waals surface area contributed by atoms with E-state index in [2.05, 4.69) is 20.3 Å². The van der Waals surface area contributed by atoms with Crippen LogP contribution in [0.3, 0.4) is 0 Å². The molecule has 1 aliphatic rings. The van der Waals surface area contributed by atoms with Gasteiger partial charge in [0.1, 0.15) is 24.4 Å². The first-order valence-corrected chi connectivity index (χ1v) is 8.49. The molecule has 2 aromatic rings. The summed E-state index contributed by atoms with van der Waals surface area (Å²) in [6.45, 7) is 1.16. The summed E-state index contributed by atoms with van der Waals surface area (Å²) in [6.07, 6.45) is -2.99. The fourth-order valence-corrected chi connectivity index (χ4v) is 3.03. The van der Waals surface area contributed by atoms with Gasteiger partial charge in [0.15, 0.2) is 27.0 Å². The van der Waals surface area contributed by atoms with Crippen LogP contribution in [0.25, 0.3) is 11.2 Å². The van der Waals surface area contributed by atoms with E-state index in [1.54, 1.807) is 6.92 Å². The van der Waals surface area contributed by atoms with E-state index in [9.17, 15) is 20.1 Å². The van der Waals surface area contributed by atoms with Crippen molar-refractivity contribution in [3.8, 4) is 0 Å². The number of aliphatic hydroxyl groups excluding tert-OH is 3. The number of rotatable bonds is 5. The first kappa shape index (κ1) is 18.2. The molecule has 136 valence electrons. The molecule has 0 radical (unpaired) electrons. The molecule has 1 unspecified atom stereocenters. The molecule has 1 fully saturated rings. The number of hydrogen-bond donors (Lipinski definition) is 5. The van der Waals surface area contributed by atoms with Crippen LogP contribution in [0.1, 0.15) is 13.2 Å². The number of nitrogens with one attached hydrogen (secondary N) is 1. The lowest BCUT2D eigenvalue weighted by Crippen LogP contribution is -2.33. The number of ether oxygens (including phenoxy) is 1. The highest BCUT2D eigenvalue weighted by atomic mass is 127. The molecule has 3 heterocycles. The van der Waals surface area contributed by atoms with Gasteiger partial charge in [-0.2, -0.15) is 0 Å². The summed E-state index contributed by atoms with van der Waals surface area (Å²) in [7, 11) is 0. The van der Waals surface area contributed by atoms with E-state index >= 15 is 0 Å². The van der Waals surface area contributed by atoms with Crippen molar-refractivity contribution in [2.75, 3.05) is 11.9 Å². The molecule has 5 atom stereocenters. The third-order valence-corrected chi connectivity index (χ3v) is 4.45. The predicted octanol–water partition coefficient (Wildman–Crippen LogP) is -1.67. The van der Waals surface area contributed by atoms with E-state index in [0.717, 1.165) is 0 Å². The van der Waals surface area contributed by atoms with E-state index < -0.39 is 43.1 Å². The van der Waals surface area contributed by atoms with Crippen LogP contribution < -0.4 is 11.1 Å². The zero-order valence-corrected chi connectivity index (χ0v) is 15.2. The molecule has 0 spiro atoms. The molecule has 0 bridgehead atoms. The van der Waals surface area contributed by atoms with Crippen LogP contribution in [0.2, 0.25) is 0 Å². The molecular weight excluding hydrogens is 447 g/mol. The van der Waals surface area contributed by atoms with Crippen molar-refractivity contribution < 1.29 is 24.9 Å². The van der Waals surface area contributed by atoms with Gasteiger partial charge in [0.05, 0.1) is 12.9 Å². The Kier molecular flexibility index (Phi) is 5.06. The average molecular weight is 464 g/mol. The van der Waals surface area contributed by atoms with Crippen LogP contribution in [0, 0.1) is 3.83 Å². The molecule has 1 saturated heterocycles. The second kappa shape index (κ2) is 6.95. The quantitative estimate of drug-likeness (QED) is 0.257. The number of carbonyl (C=O) groups excluding carboxylic acids is 1. The normalized spacial score (nSPS) is 27.6. The first-order chi connectivity index (χ1) is 11.8. The lowest BCUT2D eigenvalue weighted by atomic mass is 10.1. The molecule has 1 amide bonds. The van der Waals surface area contributed by atoms with Crippen molar-refractivity contribution in [3.05, 3.63) is 10.2 Å². The highest BCUT2D eigenvalue weighted by molar-refractivity contribution is 14.1. The summed E-state index contributed by atoms with van der Waals surface area (Å²) in [4.78, 5) is 24.0. The standard InChI is InChI=1S/C13H17IN6O5/c1-4(9(15)24)17-10-6-11(19-13(14)18-10)20(3-16-6)12-8(23)7(22)5(2-21)25-12/h3-5,7-8,12,21-23H,2H2,1H3,(H2,15,24)(H,17,18,19)/t4?,5-,7-,8-,12-/m1/s1. The number of halogens is 1. The minimum atomic E-state index is -1.26. The largest absolute Gasteiger partial charge is 0.394 e. The number of amides is 1. The Morgan fingerprint density at radius 1 is 1.48 bits per heavy atom. The fraction of sp³-hybridized carbons (Fsp3) is 0.538. The van der Waals surface area contributed by atoms with E-state index in [0.29, 0.717) is 20.8 Å². The van der Waals surface area contributed by atoms with Gasteiger partial charge in [0, 0.05) is 22.6 Å². The number of nitrogens with zero attached hydrogens (tertiary/aromatic N) is 4. The third-order valence-electron chi connectivity index (χ3n) is 3.97. The predicted molar refractivity (Wildman–Crippen MR) is 93.3 cm³/mol. The van der Waals surface area contributed by atoms with Crippen LogP contribution in [0.5, 0.6) is 0 Å². The molecule has 25 heavy (non-hydrogen) atoms. The molecule has 11 nitrogen and oxygen atoms in total. The summed E-state index contributed by atoms with van der Waals surface area (Å²) < 4.78 is 7.32. The zero-order chi connectivity index (χ0) is 18.3. The Labute approximate surface area is 155 Å². The number of fused-ring (bicyclic) bond motifs is 1. The minimum Gasteiger partial charge on any atom is -0.394 e. The summed E-state index contributed by atoms with van der Waals surface area (Å²) in [5.41, 5.74) is 5.95.